The van der Waals surface area contributed by atoms with Gasteiger partial charge in [-0.3, -0.25) is 0 Å². The molecule has 0 bridgehead atoms. The van der Waals surface area contributed by atoms with Crippen LogP contribution < -0.4 is 10.2 Å². The lowest BCUT2D eigenvalue weighted by Crippen LogP contribution is -2.44. The van der Waals surface area contributed by atoms with Crippen LogP contribution in [0.2, 0.25) is 0 Å². The quantitative estimate of drug-likeness (QED) is 0.703. The summed E-state index contributed by atoms with van der Waals surface area (Å²) >= 11 is 0. The minimum atomic E-state index is 0.987. The number of hydrogen-bond donors (Lipinski definition) is 1. The van der Waals surface area contributed by atoms with Gasteiger partial charge in [0.05, 0.1) is 5.69 Å². The molecule has 1 aromatic rings. The van der Waals surface area contributed by atoms with E-state index in [1.165, 1.54) is 5.56 Å². The van der Waals surface area contributed by atoms with Crippen molar-refractivity contribution in [3.8, 4) is 0 Å². The maximum atomic E-state index is 4.25. The Bertz CT molecular complexity index is 318. The molecule has 14 heavy (non-hydrogen) atoms. The average molecular weight is 192 g/mol. The Morgan fingerprint density at radius 3 is 2.57 bits per heavy atom. The molecule has 0 aromatic carbocycles. The molecular formula is C10H16N4. The van der Waals surface area contributed by atoms with E-state index in [0.29, 0.717) is 0 Å². The van der Waals surface area contributed by atoms with Crippen LogP contribution >= 0.6 is 0 Å². The molecule has 0 saturated carbocycles. The molecule has 76 valence electrons. The Labute approximate surface area is 84.3 Å². The van der Waals surface area contributed by atoms with Gasteiger partial charge in [0.2, 0.25) is 0 Å². The number of piperazine rings is 1. The lowest BCUT2D eigenvalue weighted by molar-refractivity contribution is 0.581. The predicted molar refractivity (Wildman–Crippen MR) is 56.6 cm³/mol. The summed E-state index contributed by atoms with van der Waals surface area (Å²) in [6.45, 7) is 8.20. The van der Waals surface area contributed by atoms with Crippen molar-refractivity contribution >= 4 is 5.82 Å². The first-order valence-corrected chi connectivity index (χ1v) is 5.04. The van der Waals surface area contributed by atoms with E-state index in [0.717, 1.165) is 37.7 Å². The Balaban J connectivity index is 2.22. The molecule has 0 radical (unpaired) electrons. The van der Waals surface area contributed by atoms with E-state index >= 15 is 0 Å². The van der Waals surface area contributed by atoms with Gasteiger partial charge in [0.1, 0.15) is 0 Å². The van der Waals surface area contributed by atoms with Crippen LogP contribution in [0.4, 0.5) is 5.82 Å². The summed E-state index contributed by atoms with van der Waals surface area (Å²) in [5.41, 5.74) is 2.21. The molecule has 4 heteroatoms. The molecule has 1 fully saturated rings. The van der Waals surface area contributed by atoms with E-state index in [1.54, 1.807) is 0 Å². The summed E-state index contributed by atoms with van der Waals surface area (Å²) in [5, 5.41) is 11.7. The number of nitrogens with one attached hydrogen (secondary N) is 1. The van der Waals surface area contributed by atoms with E-state index in [9.17, 15) is 0 Å². The van der Waals surface area contributed by atoms with Gasteiger partial charge >= 0.3 is 0 Å². The third-order valence-corrected chi connectivity index (χ3v) is 2.50. The van der Waals surface area contributed by atoms with Gasteiger partial charge in [-0.15, -0.1) is 5.10 Å². The Morgan fingerprint density at radius 2 is 1.93 bits per heavy atom. The SMILES string of the molecule is Cc1cc(C)c(N2CCNCC2)nn1. The van der Waals surface area contributed by atoms with Crippen LogP contribution in [0.5, 0.6) is 0 Å². The van der Waals surface area contributed by atoms with Crippen LogP contribution in [0.1, 0.15) is 11.3 Å². The first kappa shape index (κ1) is 9.40. The number of aromatic nitrogens is 2. The molecule has 1 N–H and O–H groups in total. The van der Waals surface area contributed by atoms with Crippen molar-refractivity contribution in [2.24, 2.45) is 0 Å². The van der Waals surface area contributed by atoms with E-state index in [4.69, 9.17) is 0 Å². The molecular weight excluding hydrogens is 176 g/mol. The van der Waals surface area contributed by atoms with Crippen LogP contribution in [0, 0.1) is 13.8 Å². The van der Waals surface area contributed by atoms with Crippen molar-refractivity contribution in [1.29, 1.82) is 0 Å². The van der Waals surface area contributed by atoms with Gasteiger partial charge in [0.25, 0.3) is 0 Å². The average Bonchev–Trinajstić information content (AvgIpc) is 2.19. The van der Waals surface area contributed by atoms with Crippen LogP contribution in [0.15, 0.2) is 6.07 Å². The fourth-order valence-corrected chi connectivity index (χ4v) is 1.80. The summed E-state index contributed by atoms with van der Waals surface area (Å²) in [6.07, 6.45) is 0. The summed E-state index contributed by atoms with van der Waals surface area (Å²) in [5.74, 6) is 1.04. The highest BCUT2D eigenvalue weighted by atomic mass is 15.3. The van der Waals surface area contributed by atoms with Gasteiger partial charge in [-0.05, 0) is 25.5 Å². The van der Waals surface area contributed by atoms with Crippen LogP contribution in [0.25, 0.3) is 0 Å². The normalized spacial score (nSPS) is 17.1. The van der Waals surface area contributed by atoms with Crippen molar-refractivity contribution in [2.75, 3.05) is 31.1 Å². The fourth-order valence-electron chi connectivity index (χ4n) is 1.80. The third kappa shape index (κ3) is 1.85. The Morgan fingerprint density at radius 1 is 1.21 bits per heavy atom. The second-order valence-electron chi connectivity index (χ2n) is 3.73. The maximum absolute atomic E-state index is 4.25. The molecule has 1 aromatic heterocycles. The number of nitrogens with zero attached hydrogens (tertiary/aromatic N) is 3. The smallest absolute Gasteiger partial charge is 0.154 e. The topological polar surface area (TPSA) is 41.0 Å². The monoisotopic (exact) mass is 192 g/mol. The van der Waals surface area contributed by atoms with Crippen molar-refractivity contribution < 1.29 is 0 Å². The standard InChI is InChI=1S/C10H16N4/c1-8-7-9(2)12-13-10(8)14-5-3-11-4-6-14/h7,11H,3-6H2,1-2H3. The fraction of sp³-hybridized carbons (Fsp3) is 0.600. The van der Waals surface area contributed by atoms with Crippen LogP contribution in [0.3, 0.4) is 0 Å². The highest BCUT2D eigenvalue weighted by Gasteiger charge is 2.13. The summed E-state index contributed by atoms with van der Waals surface area (Å²) < 4.78 is 0. The number of anilines is 1. The Kier molecular flexibility index (Phi) is 2.63. The Hall–Kier alpha value is -1.16. The zero-order chi connectivity index (χ0) is 9.97. The van der Waals surface area contributed by atoms with Crippen LogP contribution in [-0.2, 0) is 0 Å². The van der Waals surface area contributed by atoms with Gasteiger partial charge in [-0.25, -0.2) is 0 Å². The number of rotatable bonds is 1. The zero-order valence-corrected chi connectivity index (χ0v) is 8.75. The van der Waals surface area contributed by atoms with E-state index in [1.807, 2.05) is 6.92 Å². The van der Waals surface area contributed by atoms with Crippen molar-refractivity contribution in [1.82, 2.24) is 15.5 Å². The molecule has 0 spiro atoms. The maximum Gasteiger partial charge on any atom is 0.154 e. The first-order valence-electron chi connectivity index (χ1n) is 5.04. The number of hydrogen-bond acceptors (Lipinski definition) is 4. The predicted octanol–water partition coefficient (Wildman–Crippen LogP) is 0.503. The summed E-state index contributed by atoms with van der Waals surface area (Å²) in [6, 6.07) is 2.09. The minimum absolute atomic E-state index is 0.987. The van der Waals surface area contributed by atoms with Crippen molar-refractivity contribution in [3.05, 3.63) is 17.3 Å². The van der Waals surface area contributed by atoms with Gasteiger partial charge in [-0.1, -0.05) is 0 Å². The van der Waals surface area contributed by atoms with Gasteiger partial charge in [0.15, 0.2) is 5.82 Å². The second kappa shape index (κ2) is 3.92. The molecule has 0 aliphatic carbocycles. The molecule has 1 saturated heterocycles. The first-order chi connectivity index (χ1) is 6.77. The summed E-state index contributed by atoms with van der Waals surface area (Å²) in [7, 11) is 0. The molecule has 2 rings (SSSR count). The molecule has 0 atom stereocenters. The largest absolute Gasteiger partial charge is 0.352 e. The van der Waals surface area contributed by atoms with Crippen LogP contribution in [-0.4, -0.2) is 36.4 Å². The van der Waals surface area contributed by atoms with Gasteiger partial charge in [0, 0.05) is 26.2 Å². The summed E-state index contributed by atoms with van der Waals surface area (Å²) in [4.78, 5) is 2.29. The van der Waals surface area contributed by atoms with Crippen molar-refractivity contribution in [3.63, 3.8) is 0 Å². The van der Waals surface area contributed by atoms with E-state index in [2.05, 4.69) is 33.4 Å². The van der Waals surface area contributed by atoms with Gasteiger partial charge < -0.3 is 10.2 Å². The molecule has 1 aliphatic heterocycles. The van der Waals surface area contributed by atoms with E-state index in [-0.39, 0.29) is 0 Å². The molecule has 4 nitrogen and oxygen atoms in total. The lowest BCUT2D eigenvalue weighted by atomic mass is 10.2. The molecule has 1 aliphatic rings. The molecule has 2 heterocycles. The second-order valence-corrected chi connectivity index (χ2v) is 3.73. The van der Waals surface area contributed by atoms with E-state index < -0.39 is 0 Å². The highest BCUT2D eigenvalue weighted by Crippen LogP contribution is 2.16. The highest BCUT2D eigenvalue weighted by molar-refractivity contribution is 5.45. The molecule has 0 unspecified atom stereocenters. The lowest BCUT2D eigenvalue weighted by Gasteiger charge is -2.29. The molecule has 0 amide bonds. The zero-order valence-electron chi connectivity index (χ0n) is 8.75. The van der Waals surface area contributed by atoms with Crippen molar-refractivity contribution in [2.45, 2.75) is 13.8 Å². The third-order valence-electron chi connectivity index (χ3n) is 2.50. The number of aryl methyl sites for hydroxylation is 2. The van der Waals surface area contributed by atoms with Gasteiger partial charge in [-0.2, -0.15) is 5.10 Å². The minimum Gasteiger partial charge on any atom is -0.352 e.